The zero-order valence-electron chi connectivity index (χ0n) is 4.63. The molecule has 0 saturated carbocycles. The largest absolute Gasteiger partial charge is 0.373 e. The fourth-order valence-electron chi connectivity index (χ4n) is 0.240. The molecule has 3 nitrogen and oxygen atoms in total. The molecule has 3 N–H and O–H groups in total. The van der Waals surface area contributed by atoms with E-state index in [1.165, 1.54) is 0 Å². The molecule has 0 radical (unpaired) electrons. The number of carbonyl (C=O) groups excluding carboxylic acids is 1. The van der Waals surface area contributed by atoms with Gasteiger partial charge in [0.2, 0.25) is 0 Å². The van der Waals surface area contributed by atoms with Crippen molar-refractivity contribution in [2.24, 2.45) is 5.73 Å². The standard InChI is InChI=1S/C4H9NO2S/c1-2-8-4(7)3(5)6/h4,7H,2H2,1H3,(H2,5,6). The van der Waals surface area contributed by atoms with Crippen molar-refractivity contribution in [3.05, 3.63) is 0 Å². The Labute approximate surface area is 52.3 Å². The van der Waals surface area contributed by atoms with Gasteiger partial charge in [-0.3, -0.25) is 4.79 Å². The average Bonchev–Trinajstić information content (AvgIpc) is 1.67. The summed E-state index contributed by atoms with van der Waals surface area (Å²) in [4.78, 5) is 10.0. The van der Waals surface area contributed by atoms with Crippen molar-refractivity contribution < 1.29 is 9.90 Å². The van der Waals surface area contributed by atoms with Crippen molar-refractivity contribution in [3.63, 3.8) is 0 Å². The molecule has 0 spiro atoms. The number of thioether (sulfide) groups is 1. The minimum atomic E-state index is -1.03. The molecular formula is C4H9NO2S. The predicted molar refractivity (Wildman–Crippen MR) is 33.3 cm³/mol. The maximum Gasteiger partial charge on any atom is 0.256 e. The van der Waals surface area contributed by atoms with Gasteiger partial charge in [0.25, 0.3) is 5.91 Å². The van der Waals surface area contributed by atoms with Gasteiger partial charge in [0.05, 0.1) is 0 Å². The lowest BCUT2D eigenvalue weighted by molar-refractivity contribution is -0.122. The Balaban J connectivity index is 3.32. The van der Waals surface area contributed by atoms with Gasteiger partial charge in [-0.15, -0.1) is 11.8 Å². The third-order valence-electron chi connectivity index (χ3n) is 0.568. The van der Waals surface area contributed by atoms with Crippen molar-refractivity contribution in [1.29, 1.82) is 0 Å². The summed E-state index contributed by atoms with van der Waals surface area (Å²) in [6.45, 7) is 1.84. The van der Waals surface area contributed by atoms with E-state index >= 15 is 0 Å². The molecule has 0 aliphatic rings. The van der Waals surface area contributed by atoms with Crippen LogP contribution < -0.4 is 5.73 Å². The normalized spacial score (nSPS) is 13.2. The second-order valence-corrected chi connectivity index (χ2v) is 2.57. The van der Waals surface area contributed by atoms with Crippen molar-refractivity contribution in [2.45, 2.75) is 12.4 Å². The Bertz CT molecular complexity index is 86.1. The molecule has 0 aliphatic carbocycles. The van der Waals surface area contributed by atoms with Crippen molar-refractivity contribution in [1.82, 2.24) is 0 Å². The van der Waals surface area contributed by atoms with Crippen LogP contribution in [0.3, 0.4) is 0 Å². The second-order valence-electron chi connectivity index (χ2n) is 1.21. The molecule has 0 aromatic heterocycles. The molecule has 0 saturated heterocycles. The third kappa shape index (κ3) is 2.87. The molecule has 4 heteroatoms. The Kier molecular flexibility index (Phi) is 3.64. The summed E-state index contributed by atoms with van der Waals surface area (Å²) in [7, 11) is 0. The second kappa shape index (κ2) is 3.74. The van der Waals surface area contributed by atoms with E-state index in [2.05, 4.69) is 0 Å². The lowest BCUT2D eigenvalue weighted by atomic mass is 10.7. The van der Waals surface area contributed by atoms with Gasteiger partial charge < -0.3 is 10.8 Å². The Hall–Kier alpha value is -0.220. The van der Waals surface area contributed by atoms with Crippen molar-refractivity contribution in [2.75, 3.05) is 5.75 Å². The number of carbonyl (C=O) groups is 1. The molecule has 0 bridgehead atoms. The number of aliphatic hydroxyl groups is 1. The fraction of sp³-hybridized carbons (Fsp3) is 0.750. The van der Waals surface area contributed by atoms with E-state index in [9.17, 15) is 4.79 Å². The summed E-state index contributed by atoms with van der Waals surface area (Å²) in [6.07, 6.45) is 0. The van der Waals surface area contributed by atoms with Gasteiger partial charge in [-0.25, -0.2) is 0 Å². The summed E-state index contributed by atoms with van der Waals surface area (Å²) in [5.41, 5.74) is 3.68. The maximum absolute atomic E-state index is 10.0. The number of hydrogen-bond acceptors (Lipinski definition) is 3. The van der Waals surface area contributed by atoms with Gasteiger partial charge in [0.15, 0.2) is 5.44 Å². The first-order valence-electron chi connectivity index (χ1n) is 2.27. The molecule has 0 aliphatic heterocycles. The number of aliphatic hydroxyl groups excluding tert-OH is 1. The van der Waals surface area contributed by atoms with Crippen LogP contribution in [-0.4, -0.2) is 22.2 Å². The van der Waals surface area contributed by atoms with Gasteiger partial charge in [-0.1, -0.05) is 6.92 Å². The average molecular weight is 135 g/mol. The highest BCUT2D eigenvalue weighted by Gasteiger charge is 2.07. The van der Waals surface area contributed by atoms with Crippen LogP contribution in [0.4, 0.5) is 0 Å². The summed E-state index contributed by atoms with van der Waals surface area (Å²) in [6, 6.07) is 0. The first kappa shape index (κ1) is 7.78. The molecule has 1 amide bonds. The fourth-order valence-corrected chi connectivity index (χ4v) is 0.720. The van der Waals surface area contributed by atoms with Crippen molar-refractivity contribution >= 4 is 17.7 Å². The zero-order chi connectivity index (χ0) is 6.57. The molecule has 8 heavy (non-hydrogen) atoms. The highest BCUT2D eigenvalue weighted by molar-refractivity contribution is 8.00. The van der Waals surface area contributed by atoms with Gasteiger partial charge >= 0.3 is 0 Å². The first-order chi connectivity index (χ1) is 3.68. The van der Waals surface area contributed by atoms with Crippen LogP contribution in [0.5, 0.6) is 0 Å². The van der Waals surface area contributed by atoms with Gasteiger partial charge in [0, 0.05) is 0 Å². The molecule has 48 valence electrons. The Morgan fingerprint density at radius 2 is 2.50 bits per heavy atom. The summed E-state index contributed by atoms with van der Waals surface area (Å²) in [5.74, 6) is 0.0289. The molecular weight excluding hydrogens is 126 g/mol. The molecule has 0 fully saturated rings. The van der Waals surface area contributed by atoms with Crippen LogP contribution in [0.2, 0.25) is 0 Å². The van der Waals surface area contributed by atoms with E-state index in [4.69, 9.17) is 10.8 Å². The van der Waals surface area contributed by atoms with E-state index in [0.29, 0.717) is 5.75 Å². The van der Waals surface area contributed by atoms with Gasteiger partial charge in [0.1, 0.15) is 0 Å². The first-order valence-corrected chi connectivity index (χ1v) is 3.32. The molecule has 0 aromatic carbocycles. The van der Waals surface area contributed by atoms with Crippen LogP contribution in [-0.2, 0) is 4.79 Å². The SMILES string of the molecule is CCSC(O)C(N)=O. The van der Waals surface area contributed by atoms with E-state index < -0.39 is 11.3 Å². The lowest BCUT2D eigenvalue weighted by Crippen LogP contribution is -2.25. The number of nitrogens with two attached hydrogens (primary N) is 1. The summed E-state index contributed by atoms with van der Waals surface area (Å²) in [5, 5.41) is 8.61. The Morgan fingerprint density at radius 1 is 2.00 bits per heavy atom. The molecule has 0 heterocycles. The minimum Gasteiger partial charge on any atom is -0.373 e. The highest BCUT2D eigenvalue weighted by Crippen LogP contribution is 2.04. The molecule has 0 rings (SSSR count). The molecule has 0 aromatic rings. The van der Waals surface area contributed by atoms with Crippen molar-refractivity contribution in [3.8, 4) is 0 Å². The van der Waals surface area contributed by atoms with Gasteiger partial charge in [-0.2, -0.15) is 0 Å². The van der Waals surface area contributed by atoms with Crippen LogP contribution in [0, 0.1) is 0 Å². The van der Waals surface area contributed by atoms with Crippen LogP contribution in [0.15, 0.2) is 0 Å². The quantitative estimate of drug-likeness (QED) is 0.515. The van der Waals surface area contributed by atoms with E-state index in [1.54, 1.807) is 0 Å². The number of hydrogen-bond donors (Lipinski definition) is 2. The third-order valence-corrected chi connectivity index (χ3v) is 1.45. The zero-order valence-corrected chi connectivity index (χ0v) is 5.44. The maximum atomic E-state index is 10.0. The summed E-state index contributed by atoms with van der Waals surface area (Å²) >= 11 is 1.12. The monoisotopic (exact) mass is 135 g/mol. The lowest BCUT2D eigenvalue weighted by Gasteiger charge is -2.00. The van der Waals surface area contributed by atoms with Crippen LogP contribution >= 0.6 is 11.8 Å². The molecule has 1 atom stereocenters. The number of rotatable bonds is 3. The number of amides is 1. The van der Waals surface area contributed by atoms with E-state index in [1.807, 2.05) is 6.92 Å². The van der Waals surface area contributed by atoms with Crippen LogP contribution in [0.1, 0.15) is 6.92 Å². The molecule has 1 unspecified atom stereocenters. The predicted octanol–water partition coefficient (Wildman–Crippen LogP) is -0.457. The topological polar surface area (TPSA) is 63.3 Å². The summed E-state index contributed by atoms with van der Waals surface area (Å²) < 4.78 is 0. The van der Waals surface area contributed by atoms with Crippen LogP contribution in [0.25, 0.3) is 0 Å². The smallest absolute Gasteiger partial charge is 0.256 e. The van der Waals surface area contributed by atoms with E-state index in [-0.39, 0.29) is 0 Å². The number of primary amides is 1. The minimum absolute atomic E-state index is 0.670. The van der Waals surface area contributed by atoms with E-state index in [0.717, 1.165) is 11.8 Å². The van der Waals surface area contributed by atoms with Gasteiger partial charge in [-0.05, 0) is 5.75 Å². The Morgan fingerprint density at radius 3 is 2.62 bits per heavy atom. The highest BCUT2D eigenvalue weighted by atomic mass is 32.2.